The largest absolute Gasteiger partial charge is 0.328 e. The highest BCUT2D eigenvalue weighted by molar-refractivity contribution is 7.15. The number of hydrogen-bond donors (Lipinski definition) is 2. The van der Waals surface area contributed by atoms with Crippen molar-refractivity contribution in [2.45, 2.75) is 32.2 Å². The second-order valence-electron chi connectivity index (χ2n) is 4.86. The number of nitrogens with zero attached hydrogens (tertiary/aromatic N) is 1. The van der Waals surface area contributed by atoms with Gasteiger partial charge in [0, 0.05) is 30.0 Å². The number of thiazole rings is 1. The molecular formula is C15H20ClN3OS. The van der Waals surface area contributed by atoms with Gasteiger partial charge in [-0.1, -0.05) is 30.3 Å². The third-order valence-electron chi connectivity index (χ3n) is 2.85. The van der Waals surface area contributed by atoms with Gasteiger partial charge in [-0.3, -0.25) is 4.79 Å². The van der Waals surface area contributed by atoms with Gasteiger partial charge in [0.25, 0.3) is 0 Å². The maximum atomic E-state index is 11.7. The van der Waals surface area contributed by atoms with Gasteiger partial charge in [0.1, 0.15) is 0 Å². The van der Waals surface area contributed by atoms with Gasteiger partial charge in [0.2, 0.25) is 5.91 Å². The summed E-state index contributed by atoms with van der Waals surface area (Å²) in [6.45, 7) is 1.90. The molecule has 0 spiro atoms. The molecule has 0 saturated carbocycles. The molecule has 0 saturated heterocycles. The fourth-order valence-corrected chi connectivity index (χ4v) is 2.65. The van der Waals surface area contributed by atoms with E-state index in [0.29, 0.717) is 18.0 Å². The summed E-state index contributed by atoms with van der Waals surface area (Å²) in [5, 5.41) is 3.47. The van der Waals surface area contributed by atoms with Gasteiger partial charge < -0.3 is 11.1 Å². The molecule has 0 aliphatic heterocycles. The Labute approximate surface area is 135 Å². The minimum absolute atomic E-state index is 0. The normalized spacial score (nSPS) is 11.5. The van der Waals surface area contributed by atoms with Gasteiger partial charge in [0.15, 0.2) is 5.13 Å². The lowest BCUT2D eigenvalue weighted by molar-refractivity contribution is -0.116. The summed E-state index contributed by atoms with van der Waals surface area (Å²) in [4.78, 5) is 17.1. The smallest absolute Gasteiger partial charge is 0.226 e. The van der Waals surface area contributed by atoms with Crippen LogP contribution in [0.4, 0.5) is 5.13 Å². The summed E-state index contributed by atoms with van der Waals surface area (Å²) in [6.07, 6.45) is 3.78. The molecule has 0 bridgehead atoms. The van der Waals surface area contributed by atoms with Crippen LogP contribution in [0.3, 0.4) is 0 Å². The quantitative estimate of drug-likeness (QED) is 0.856. The van der Waals surface area contributed by atoms with E-state index in [1.807, 2.05) is 31.3 Å². The molecule has 1 heterocycles. The number of hydrogen-bond acceptors (Lipinski definition) is 4. The Morgan fingerprint density at radius 3 is 2.76 bits per heavy atom. The number of carbonyl (C=O) groups excluding carboxylic acids is 1. The summed E-state index contributed by atoms with van der Waals surface area (Å²) >= 11 is 1.52. The molecular weight excluding hydrogens is 306 g/mol. The van der Waals surface area contributed by atoms with Crippen LogP contribution in [0.2, 0.25) is 0 Å². The SMILES string of the molecule is CC(N)CCC(=O)Nc1ncc(Cc2ccccc2)s1.Cl. The summed E-state index contributed by atoms with van der Waals surface area (Å²) < 4.78 is 0. The lowest BCUT2D eigenvalue weighted by atomic mass is 10.1. The van der Waals surface area contributed by atoms with Gasteiger partial charge >= 0.3 is 0 Å². The number of carbonyl (C=O) groups is 1. The van der Waals surface area contributed by atoms with Crippen molar-refractivity contribution >= 4 is 34.8 Å². The Kier molecular flexibility index (Phi) is 7.36. The van der Waals surface area contributed by atoms with E-state index in [1.54, 1.807) is 0 Å². The van der Waals surface area contributed by atoms with Crippen LogP contribution in [-0.2, 0) is 11.2 Å². The van der Waals surface area contributed by atoms with Gasteiger partial charge in [-0.2, -0.15) is 0 Å². The molecule has 2 rings (SSSR count). The number of halogens is 1. The number of rotatable bonds is 6. The zero-order valence-electron chi connectivity index (χ0n) is 11.9. The van der Waals surface area contributed by atoms with Crippen LogP contribution in [0.25, 0.3) is 0 Å². The van der Waals surface area contributed by atoms with Crippen molar-refractivity contribution in [1.29, 1.82) is 0 Å². The van der Waals surface area contributed by atoms with Crippen molar-refractivity contribution in [2.75, 3.05) is 5.32 Å². The molecule has 0 aliphatic carbocycles. The fourth-order valence-electron chi connectivity index (χ4n) is 1.78. The minimum atomic E-state index is -0.0251. The average Bonchev–Trinajstić information content (AvgIpc) is 2.85. The summed E-state index contributed by atoms with van der Waals surface area (Å²) in [5.74, 6) is -0.0251. The van der Waals surface area contributed by atoms with E-state index in [2.05, 4.69) is 22.4 Å². The number of benzene rings is 1. The van der Waals surface area contributed by atoms with E-state index < -0.39 is 0 Å². The molecule has 4 nitrogen and oxygen atoms in total. The summed E-state index contributed by atoms with van der Waals surface area (Å²) in [6, 6.07) is 10.3. The molecule has 2 aromatic rings. The van der Waals surface area contributed by atoms with Crippen LogP contribution < -0.4 is 11.1 Å². The molecule has 0 radical (unpaired) electrons. The van der Waals surface area contributed by atoms with Gasteiger partial charge in [-0.25, -0.2) is 4.98 Å². The Bertz CT molecular complexity index is 557. The monoisotopic (exact) mass is 325 g/mol. The number of aromatic nitrogens is 1. The summed E-state index contributed by atoms with van der Waals surface area (Å²) in [5.41, 5.74) is 6.87. The van der Waals surface area contributed by atoms with E-state index in [1.165, 1.54) is 16.9 Å². The van der Waals surface area contributed by atoms with Crippen molar-refractivity contribution in [2.24, 2.45) is 5.73 Å². The summed E-state index contributed by atoms with van der Waals surface area (Å²) in [7, 11) is 0. The van der Waals surface area contributed by atoms with Crippen LogP contribution in [0.5, 0.6) is 0 Å². The van der Waals surface area contributed by atoms with E-state index in [-0.39, 0.29) is 24.4 Å². The van der Waals surface area contributed by atoms with Crippen LogP contribution in [0.15, 0.2) is 36.5 Å². The zero-order chi connectivity index (χ0) is 14.4. The number of amides is 1. The first-order valence-corrected chi connectivity index (χ1v) is 7.49. The van der Waals surface area contributed by atoms with Crippen molar-refractivity contribution in [3.05, 3.63) is 47.0 Å². The maximum absolute atomic E-state index is 11.7. The molecule has 6 heteroatoms. The molecule has 0 aliphatic rings. The van der Waals surface area contributed by atoms with Gasteiger partial charge in [0.05, 0.1) is 0 Å². The minimum Gasteiger partial charge on any atom is -0.328 e. The Morgan fingerprint density at radius 2 is 2.10 bits per heavy atom. The first kappa shape index (κ1) is 17.6. The lowest BCUT2D eigenvalue weighted by Crippen LogP contribution is -2.19. The van der Waals surface area contributed by atoms with Crippen LogP contribution in [-0.4, -0.2) is 16.9 Å². The number of nitrogens with one attached hydrogen (secondary N) is 1. The highest BCUT2D eigenvalue weighted by Crippen LogP contribution is 2.21. The highest BCUT2D eigenvalue weighted by atomic mass is 35.5. The van der Waals surface area contributed by atoms with E-state index >= 15 is 0 Å². The predicted octanol–water partition coefficient (Wildman–Crippen LogP) is 3.22. The molecule has 0 fully saturated rings. The van der Waals surface area contributed by atoms with E-state index in [4.69, 9.17) is 5.73 Å². The standard InChI is InChI=1S/C15H19N3OS.ClH/c1-11(16)7-8-14(19)18-15-17-10-13(20-15)9-12-5-3-2-4-6-12;/h2-6,10-11H,7-9,16H2,1H3,(H,17,18,19);1H. The first-order valence-electron chi connectivity index (χ1n) is 6.67. The van der Waals surface area contributed by atoms with E-state index in [0.717, 1.165) is 11.3 Å². The Balaban J connectivity index is 0.00000220. The molecule has 1 aromatic carbocycles. The maximum Gasteiger partial charge on any atom is 0.226 e. The lowest BCUT2D eigenvalue weighted by Gasteiger charge is -2.04. The topological polar surface area (TPSA) is 68.0 Å². The number of nitrogens with two attached hydrogens (primary N) is 1. The van der Waals surface area contributed by atoms with Crippen LogP contribution in [0.1, 0.15) is 30.2 Å². The predicted molar refractivity (Wildman–Crippen MR) is 90.1 cm³/mol. The highest BCUT2D eigenvalue weighted by Gasteiger charge is 2.08. The second-order valence-corrected chi connectivity index (χ2v) is 5.97. The third-order valence-corrected chi connectivity index (χ3v) is 3.76. The second kappa shape index (κ2) is 8.77. The molecule has 1 atom stereocenters. The van der Waals surface area contributed by atoms with Crippen molar-refractivity contribution < 1.29 is 4.79 Å². The Morgan fingerprint density at radius 1 is 1.38 bits per heavy atom. The van der Waals surface area contributed by atoms with Crippen LogP contribution >= 0.6 is 23.7 Å². The zero-order valence-corrected chi connectivity index (χ0v) is 13.5. The van der Waals surface area contributed by atoms with Crippen molar-refractivity contribution in [3.8, 4) is 0 Å². The molecule has 21 heavy (non-hydrogen) atoms. The first-order chi connectivity index (χ1) is 9.63. The average molecular weight is 326 g/mol. The Hall–Kier alpha value is -1.43. The van der Waals surface area contributed by atoms with Crippen molar-refractivity contribution in [1.82, 2.24) is 4.98 Å². The molecule has 3 N–H and O–H groups in total. The molecule has 1 unspecified atom stereocenters. The van der Waals surface area contributed by atoms with Gasteiger partial charge in [-0.05, 0) is 18.9 Å². The van der Waals surface area contributed by atoms with E-state index in [9.17, 15) is 4.79 Å². The molecule has 1 amide bonds. The van der Waals surface area contributed by atoms with Crippen LogP contribution in [0, 0.1) is 0 Å². The van der Waals surface area contributed by atoms with Gasteiger partial charge in [-0.15, -0.1) is 23.7 Å². The third kappa shape index (κ3) is 6.25. The fraction of sp³-hybridized carbons (Fsp3) is 0.333. The molecule has 114 valence electrons. The molecule has 1 aromatic heterocycles. The number of anilines is 1. The van der Waals surface area contributed by atoms with Crippen molar-refractivity contribution in [3.63, 3.8) is 0 Å².